The lowest BCUT2D eigenvalue weighted by Crippen LogP contribution is -2.32. The van der Waals surface area contributed by atoms with E-state index in [-0.39, 0.29) is 18.3 Å². The fourth-order valence-electron chi connectivity index (χ4n) is 1.80. The van der Waals surface area contributed by atoms with Crippen molar-refractivity contribution in [1.29, 1.82) is 0 Å². The van der Waals surface area contributed by atoms with Gasteiger partial charge in [-0.25, -0.2) is 4.39 Å². The van der Waals surface area contributed by atoms with Gasteiger partial charge in [-0.3, -0.25) is 4.79 Å². The zero-order valence-electron chi connectivity index (χ0n) is 10.2. The van der Waals surface area contributed by atoms with Crippen LogP contribution in [0.1, 0.15) is 16.6 Å². The quantitative estimate of drug-likeness (QED) is 0.928. The number of amides is 1. The van der Waals surface area contributed by atoms with Gasteiger partial charge < -0.3 is 10.0 Å². The molecule has 2 rings (SSSR count). The molecule has 1 amide bonds. The van der Waals surface area contributed by atoms with E-state index in [1.807, 2.05) is 0 Å². The van der Waals surface area contributed by atoms with Crippen molar-refractivity contribution < 1.29 is 14.3 Å². The van der Waals surface area contributed by atoms with E-state index in [0.29, 0.717) is 10.3 Å². The molecule has 5 heteroatoms. The molecule has 1 heterocycles. The molecule has 0 saturated heterocycles. The van der Waals surface area contributed by atoms with Crippen LogP contribution in [0.4, 0.5) is 4.39 Å². The Morgan fingerprint density at radius 3 is 2.89 bits per heavy atom. The lowest BCUT2D eigenvalue weighted by molar-refractivity contribution is 0.0708. The van der Waals surface area contributed by atoms with E-state index in [4.69, 9.17) is 0 Å². The van der Waals surface area contributed by atoms with Crippen molar-refractivity contribution in [3.8, 4) is 0 Å². The van der Waals surface area contributed by atoms with Gasteiger partial charge in [0.2, 0.25) is 0 Å². The molecule has 1 aromatic carbocycles. The monoisotopic (exact) mass is 267 g/mol. The first-order valence-corrected chi connectivity index (χ1v) is 6.42. The van der Waals surface area contributed by atoms with Gasteiger partial charge in [0.1, 0.15) is 5.82 Å². The number of aliphatic hydroxyl groups excluding tert-OH is 1. The van der Waals surface area contributed by atoms with Crippen molar-refractivity contribution >= 4 is 27.3 Å². The standard InChI is InChI=1S/C13H14FNO2S/c1-8(16)7-15(2)13(17)12-6-9-10(14)4-3-5-11(9)18-12/h3-6,8,16H,7H2,1-2H3. The maximum absolute atomic E-state index is 13.5. The molecule has 1 unspecified atom stereocenters. The summed E-state index contributed by atoms with van der Waals surface area (Å²) in [6.07, 6.45) is -0.579. The normalized spacial score (nSPS) is 12.7. The summed E-state index contributed by atoms with van der Waals surface area (Å²) in [6.45, 7) is 1.88. The molecule has 3 nitrogen and oxygen atoms in total. The molecule has 0 aliphatic carbocycles. The van der Waals surface area contributed by atoms with Crippen molar-refractivity contribution in [2.45, 2.75) is 13.0 Å². The molecule has 0 saturated carbocycles. The topological polar surface area (TPSA) is 40.5 Å². The number of hydrogen-bond donors (Lipinski definition) is 1. The maximum Gasteiger partial charge on any atom is 0.263 e. The van der Waals surface area contributed by atoms with E-state index in [1.165, 1.54) is 22.3 Å². The Morgan fingerprint density at radius 1 is 1.56 bits per heavy atom. The molecular weight excluding hydrogens is 253 g/mol. The van der Waals surface area contributed by atoms with Crippen LogP contribution in [0.2, 0.25) is 0 Å². The number of carbonyl (C=O) groups is 1. The summed E-state index contributed by atoms with van der Waals surface area (Å²) in [6, 6.07) is 6.36. The lowest BCUT2D eigenvalue weighted by atomic mass is 10.2. The molecule has 96 valence electrons. The van der Waals surface area contributed by atoms with Crippen LogP contribution in [0.3, 0.4) is 0 Å². The van der Waals surface area contributed by atoms with Gasteiger partial charge in [-0.1, -0.05) is 6.07 Å². The van der Waals surface area contributed by atoms with Crippen LogP contribution in [0.15, 0.2) is 24.3 Å². The Kier molecular flexibility index (Phi) is 3.63. The Balaban J connectivity index is 2.31. The van der Waals surface area contributed by atoms with Crippen molar-refractivity contribution in [3.63, 3.8) is 0 Å². The van der Waals surface area contributed by atoms with Gasteiger partial charge in [0, 0.05) is 23.7 Å². The van der Waals surface area contributed by atoms with Gasteiger partial charge in [0.25, 0.3) is 5.91 Å². The largest absolute Gasteiger partial charge is 0.392 e. The minimum absolute atomic E-state index is 0.198. The Hall–Kier alpha value is -1.46. The SMILES string of the molecule is CC(O)CN(C)C(=O)c1cc2c(F)cccc2s1. The molecule has 0 fully saturated rings. The van der Waals surface area contributed by atoms with Crippen LogP contribution in [0.5, 0.6) is 0 Å². The number of likely N-dealkylation sites (N-methyl/N-ethyl adjacent to an activating group) is 1. The second kappa shape index (κ2) is 5.04. The second-order valence-electron chi connectivity index (χ2n) is 4.30. The number of hydrogen-bond acceptors (Lipinski definition) is 3. The molecule has 1 N–H and O–H groups in total. The highest BCUT2D eigenvalue weighted by atomic mass is 32.1. The molecule has 0 spiro atoms. The smallest absolute Gasteiger partial charge is 0.263 e. The third-order valence-electron chi connectivity index (χ3n) is 2.60. The van der Waals surface area contributed by atoms with Gasteiger partial charge in [-0.15, -0.1) is 11.3 Å². The first kappa shape index (κ1) is 13.0. The van der Waals surface area contributed by atoms with Crippen LogP contribution in [0, 0.1) is 5.82 Å². The zero-order chi connectivity index (χ0) is 13.3. The van der Waals surface area contributed by atoms with Crippen LogP contribution in [-0.4, -0.2) is 35.6 Å². The third-order valence-corrected chi connectivity index (χ3v) is 3.69. The zero-order valence-corrected chi connectivity index (χ0v) is 11.0. The maximum atomic E-state index is 13.5. The van der Waals surface area contributed by atoms with E-state index in [9.17, 15) is 14.3 Å². The first-order chi connectivity index (χ1) is 8.49. The summed E-state index contributed by atoms with van der Waals surface area (Å²) in [4.78, 5) is 14.0. The molecule has 1 aromatic heterocycles. The number of benzene rings is 1. The summed E-state index contributed by atoms with van der Waals surface area (Å²) in [5, 5.41) is 9.72. The summed E-state index contributed by atoms with van der Waals surface area (Å²) < 4.78 is 14.3. The molecule has 0 aliphatic heterocycles. The molecule has 0 radical (unpaired) electrons. The predicted molar refractivity (Wildman–Crippen MR) is 70.4 cm³/mol. The van der Waals surface area contributed by atoms with E-state index in [1.54, 1.807) is 32.2 Å². The number of halogens is 1. The van der Waals surface area contributed by atoms with Gasteiger partial charge in [0.15, 0.2) is 0 Å². The van der Waals surface area contributed by atoms with Crippen molar-refractivity contribution in [1.82, 2.24) is 4.90 Å². The van der Waals surface area contributed by atoms with Gasteiger partial charge >= 0.3 is 0 Å². The number of carbonyl (C=O) groups excluding carboxylic acids is 1. The van der Waals surface area contributed by atoms with Crippen LogP contribution in [0.25, 0.3) is 10.1 Å². The Morgan fingerprint density at radius 2 is 2.28 bits per heavy atom. The van der Waals surface area contributed by atoms with Crippen LogP contribution in [-0.2, 0) is 0 Å². The number of nitrogens with zero attached hydrogens (tertiary/aromatic N) is 1. The third kappa shape index (κ3) is 2.52. The molecule has 0 aliphatic rings. The first-order valence-electron chi connectivity index (χ1n) is 5.60. The number of fused-ring (bicyclic) bond motifs is 1. The highest BCUT2D eigenvalue weighted by Gasteiger charge is 2.17. The van der Waals surface area contributed by atoms with Gasteiger partial charge in [-0.05, 0) is 25.1 Å². The fourth-order valence-corrected chi connectivity index (χ4v) is 2.87. The average molecular weight is 267 g/mol. The highest BCUT2D eigenvalue weighted by molar-refractivity contribution is 7.20. The molecule has 0 bridgehead atoms. The summed E-state index contributed by atoms with van der Waals surface area (Å²) in [7, 11) is 1.62. The lowest BCUT2D eigenvalue weighted by Gasteiger charge is -2.17. The van der Waals surface area contributed by atoms with E-state index >= 15 is 0 Å². The number of aliphatic hydroxyl groups is 1. The fraction of sp³-hybridized carbons (Fsp3) is 0.308. The molecular formula is C13H14FNO2S. The highest BCUT2D eigenvalue weighted by Crippen LogP contribution is 2.28. The minimum Gasteiger partial charge on any atom is -0.392 e. The van der Waals surface area contributed by atoms with Crippen molar-refractivity contribution in [2.75, 3.05) is 13.6 Å². The molecule has 2 aromatic rings. The summed E-state index contributed by atoms with van der Waals surface area (Å²) in [5.74, 6) is -0.516. The van der Waals surface area contributed by atoms with Crippen molar-refractivity contribution in [3.05, 3.63) is 35.0 Å². The van der Waals surface area contributed by atoms with E-state index in [0.717, 1.165) is 4.70 Å². The molecule has 1 atom stereocenters. The summed E-state index contributed by atoms with van der Waals surface area (Å²) >= 11 is 1.26. The second-order valence-corrected chi connectivity index (χ2v) is 5.38. The number of thiophene rings is 1. The van der Waals surface area contributed by atoms with Crippen molar-refractivity contribution in [2.24, 2.45) is 0 Å². The minimum atomic E-state index is -0.579. The van der Waals surface area contributed by atoms with Crippen LogP contribution >= 0.6 is 11.3 Å². The van der Waals surface area contributed by atoms with E-state index in [2.05, 4.69) is 0 Å². The Bertz CT molecular complexity index is 579. The number of rotatable bonds is 3. The Labute approximate surface area is 108 Å². The van der Waals surface area contributed by atoms with Gasteiger partial charge in [0.05, 0.1) is 11.0 Å². The van der Waals surface area contributed by atoms with E-state index < -0.39 is 6.10 Å². The van der Waals surface area contributed by atoms with Crippen LogP contribution < -0.4 is 0 Å². The summed E-state index contributed by atoms with van der Waals surface area (Å²) in [5.41, 5.74) is 0. The van der Waals surface area contributed by atoms with Gasteiger partial charge in [-0.2, -0.15) is 0 Å². The molecule has 18 heavy (non-hydrogen) atoms. The average Bonchev–Trinajstić information content (AvgIpc) is 2.72. The predicted octanol–water partition coefficient (Wildman–Crippen LogP) is 2.49.